The molecule has 0 bridgehead atoms. The van der Waals surface area contributed by atoms with E-state index in [2.05, 4.69) is 0 Å². The minimum Gasteiger partial charge on any atom is -0.508 e. The van der Waals surface area contributed by atoms with Crippen LogP contribution in [0.4, 0.5) is 0 Å². The van der Waals surface area contributed by atoms with Crippen LogP contribution in [0, 0.1) is 0 Å². The molecule has 0 amide bonds. The van der Waals surface area contributed by atoms with Gasteiger partial charge in [0.25, 0.3) is 0 Å². The minimum absolute atomic E-state index is 0.164. The van der Waals surface area contributed by atoms with Crippen LogP contribution in [0.3, 0.4) is 0 Å². The van der Waals surface area contributed by atoms with E-state index in [9.17, 15) is 15.0 Å². The van der Waals surface area contributed by atoms with Gasteiger partial charge in [-0.25, -0.2) is 4.79 Å². The fraction of sp³-hybridized carbons (Fsp3) is 0.133. The number of carbonyl (C=O) groups is 1. The second-order valence-electron chi connectivity index (χ2n) is 4.74. The highest BCUT2D eigenvalue weighted by Crippen LogP contribution is 2.46. The average Bonchev–Trinajstić information content (AvgIpc) is 2.55. The lowest BCUT2D eigenvalue weighted by Gasteiger charge is -2.31. The quantitative estimate of drug-likeness (QED) is 0.177. The first-order valence-corrected chi connectivity index (χ1v) is 9.94. The Morgan fingerprint density at radius 3 is 1.96 bits per heavy atom. The molecule has 0 aliphatic heterocycles. The van der Waals surface area contributed by atoms with Crippen molar-refractivity contribution in [1.82, 2.24) is 1.33 Å². The number of phenols is 1. The Balaban J connectivity index is 2.19. The monoisotopic (exact) mass is 685 g/mol. The number of nitrogens with zero attached hydrogens (tertiary/aromatic N) is 1. The van der Waals surface area contributed by atoms with E-state index < -0.39 is 14.9 Å². The molecular formula is C15H11ClI3NO4. The molecule has 1 unspecified atom stereocenters. The van der Waals surface area contributed by atoms with Crippen LogP contribution in [-0.2, 0) is 4.79 Å². The molecule has 0 aromatic heterocycles. The van der Waals surface area contributed by atoms with Gasteiger partial charge in [-0.3, -0.25) is 0 Å². The Kier molecular flexibility index (Phi) is 7.22. The number of alkyl halides is 2. The van der Waals surface area contributed by atoms with Crippen molar-refractivity contribution in [1.29, 1.82) is 0 Å². The molecule has 0 saturated carbocycles. The summed E-state index contributed by atoms with van der Waals surface area (Å²) in [7, 11) is 0. The maximum atomic E-state index is 11.6. The first kappa shape index (κ1) is 20.3. The fourth-order valence-electron chi connectivity index (χ4n) is 1.84. The third kappa shape index (κ3) is 4.56. The predicted octanol–water partition coefficient (Wildman–Crippen LogP) is 5.68. The summed E-state index contributed by atoms with van der Waals surface area (Å²) in [6, 6.07) is 13.3. The lowest BCUT2D eigenvalue weighted by atomic mass is 10.1. The first-order valence-electron chi connectivity index (χ1n) is 6.50. The topological polar surface area (TPSA) is 70.0 Å². The van der Waals surface area contributed by atoms with Gasteiger partial charge in [0.15, 0.2) is 0 Å². The summed E-state index contributed by atoms with van der Waals surface area (Å²) in [6.45, 7) is 0. The molecule has 0 fully saturated rings. The Morgan fingerprint density at radius 2 is 1.54 bits per heavy atom. The molecule has 128 valence electrons. The molecule has 0 heterocycles. The zero-order valence-electron chi connectivity index (χ0n) is 11.9. The van der Waals surface area contributed by atoms with Crippen LogP contribution in [0.5, 0.6) is 17.2 Å². The highest BCUT2D eigenvalue weighted by atomic mass is 127. The smallest absolute Gasteiger partial charge is 0.337 e. The van der Waals surface area contributed by atoms with Crippen LogP contribution in [0.25, 0.3) is 0 Å². The highest BCUT2D eigenvalue weighted by molar-refractivity contribution is 14.2. The van der Waals surface area contributed by atoms with Crippen molar-refractivity contribution >= 4 is 85.9 Å². The maximum absolute atomic E-state index is 11.6. The van der Waals surface area contributed by atoms with Crippen LogP contribution in [0.15, 0.2) is 48.5 Å². The fourth-order valence-corrected chi connectivity index (χ4v) is 3.84. The number of benzene rings is 2. The molecule has 0 aliphatic rings. The number of carboxylic acids is 1. The van der Waals surface area contributed by atoms with Gasteiger partial charge in [0.05, 0.1) is 5.38 Å². The molecule has 2 atom stereocenters. The Bertz CT molecular complexity index is 712. The minimum atomic E-state index is -1.29. The van der Waals surface area contributed by atoms with E-state index in [1.165, 1.54) is 13.5 Å². The Labute approximate surface area is 185 Å². The van der Waals surface area contributed by atoms with Crippen molar-refractivity contribution in [3.8, 4) is 17.2 Å². The third-order valence-corrected chi connectivity index (χ3v) is 9.00. The van der Waals surface area contributed by atoms with Crippen molar-refractivity contribution in [2.45, 2.75) is 8.92 Å². The van der Waals surface area contributed by atoms with E-state index in [0.717, 1.165) is 0 Å². The second kappa shape index (κ2) is 8.56. The standard InChI is InChI=1S/C15H11ClI3NO4/c16-13(15(17,14(22)23)20(18)19)9-1-5-11(6-2-9)24-12-7-3-10(21)4-8-12/h1-8,13,21H,(H,22,23)/t13?,15-/m0/s1. The van der Waals surface area contributed by atoms with Crippen LogP contribution in [0.2, 0.25) is 0 Å². The van der Waals surface area contributed by atoms with Gasteiger partial charge in [0, 0.05) is 45.7 Å². The number of aliphatic carboxylic acids is 1. The van der Waals surface area contributed by atoms with Crippen molar-refractivity contribution in [3.63, 3.8) is 0 Å². The van der Waals surface area contributed by atoms with Gasteiger partial charge >= 0.3 is 5.97 Å². The van der Waals surface area contributed by atoms with Gasteiger partial charge in [0.1, 0.15) is 17.2 Å². The molecule has 0 spiro atoms. The molecule has 0 radical (unpaired) electrons. The largest absolute Gasteiger partial charge is 0.508 e. The number of carboxylic acid groups (broad SMARTS) is 1. The average molecular weight is 685 g/mol. The van der Waals surface area contributed by atoms with Crippen LogP contribution in [0.1, 0.15) is 10.9 Å². The zero-order chi connectivity index (χ0) is 17.9. The first-order chi connectivity index (χ1) is 11.2. The summed E-state index contributed by atoms with van der Waals surface area (Å²) in [4.78, 5) is 11.6. The lowest BCUT2D eigenvalue weighted by Crippen LogP contribution is -2.43. The van der Waals surface area contributed by atoms with E-state index in [1.54, 1.807) is 36.4 Å². The van der Waals surface area contributed by atoms with Gasteiger partial charge in [-0.1, -0.05) is 12.1 Å². The molecule has 24 heavy (non-hydrogen) atoms. The SMILES string of the molecule is O=C(O)[C@](I)(C(Cl)c1ccc(Oc2ccc(O)cc2)cc1)N(I)I. The van der Waals surface area contributed by atoms with Gasteiger partial charge < -0.3 is 14.9 Å². The molecule has 2 aromatic rings. The zero-order valence-corrected chi connectivity index (χ0v) is 19.1. The molecule has 5 nitrogen and oxygen atoms in total. The molecule has 9 heteroatoms. The summed E-state index contributed by atoms with van der Waals surface area (Å²) in [6.07, 6.45) is 0. The third-order valence-electron chi connectivity index (χ3n) is 3.13. The summed E-state index contributed by atoms with van der Waals surface area (Å²) < 4.78 is 5.89. The molecule has 0 aliphatic carbocycles. The second-order valence-corrected chi connectivity index (χ2v) is 10.6. The van der Waals surface area contributed by atoms with E-state index in [-0.39, 0.29) is 5.75 Å². The number of aromatic hydroxyl groups is 1. The number of halogens is 4. The number of phenolic OH excluding ortho intramolecular Hbond substituents is 1. The Hall–Kier alpha value is -0.0500. The summed E-state index contributed by atoms with van der Waals surface area (Å²) >= 11 is 12.1. The molecule has 0 saturated heterocycles. The summed E-state index contributed by atoms with van der Waals surface area (Å²) in [5, 5.41) is 18.0. The molecule has 2 aromatic carbocycles. The van der Waals surface area contributed by atoms with Crippen LogP contribution < -0.4 is 4.74 Å². The Morgan fingerprint density at radius 1 is 1.08 bits per heavy atom. The van der Waals surface area contributed by atoms with E-state index in [0.29, 0.717) is 17.1 Å². The van der Waals surface area contributed by atoms with Gasteiger partial charge in [0.2, 0.25) is 3.55 Å². The van der Waals surface area contributed by atoms with Crippen LogP contribution in [-0.4, -0.2) is 21.1 Å². The number of rotatable bonds is 6. The predicted molar refractivity (Wildman–Crippen MR) is 117 cm³/mol. The van der Waals surface area contributed by atoms with Crippen LogP contribution >= 0.6 is 79.9 Å². The highest BCUT2D eigenvalue weighted by Gasteiger charge is 2.48. The van der Waals surface area contributed by atoms with E-state index in [4.69, 9.17) is 16.3 Å². The molecule has 2 N–H and O–H groups in total. The maximum Gasteiger partial charge on any atom is 0.337 e. The summed E-state index contributed by atoms with van der Waals surface area (Å²) in [5.74, 6) is 0.319. The van der Waals surface area contributed by atoms with Crippen molar-refractivity contribution in [3.05, 3.63) is 54.1 Å². The van der Waals surface area contributed by atoms with Crippen molar-refractivity contribution < 1.29 is 19.7 Å². The lowest BCUT2D eigenvalue weighted by molar-refractivity contribution is -0.140. The normalized spacial score (nSPS) is 14.9. The molecule has 2 rings (SSSR count). The number of ether oxygens (including phenoxy) is 1. The van der Waals surface area contributed by atoms with Gasteiger partial charge in [-0.05, 0) is 64.6 Å². The van der Waals surface area contributed by atoms with Crippen molar-refractivity contribution in [2.75, 3.05) is 0 Å². The molecular weight excluding hydrogens is 674 g/mol. The number of hydrogen-bond acceptors (Lipinski definition) is 4. The van der Waals surface area contributed by atoms with Gasteiger partial charge in [-0.15, -0.1) is 11.6 Å². The van der Waals surface area contributed by atoms with Gasteiger partial charge in [-0.2, -0.15) is 1.33 Å². The van der Waals surface area contributed by atoms with E-state index >= 15 is 0 Å². The van der Waals surface area contributed by atoms with E-state index in [1.807, 2.05) is 68.3 Å². The van der Waals surface area contributed by atoms with Crippen molar-refractivity contribution in [2.24, 2.45) is 0 Å². The summed E-state index contributed by atoms with van der Waals surface area (Å²) in [5.41, 5.74) is 0.671. The number of hydrogen-bond donors (Lipinski definition) is 2.